The number of hydrogen-bond acceptors (Lipinski definition) is 7. The first-order chi connectivity index (χ1) is 19.9. The predicted molar refractivity (Wildman–Crippen MR) is 162 cm³/mol. The van der Waals surface area contributed by atoms with Gasteiger partial charge in [0.25, 0.3) is 0 Å². The van der Waals surface area contributed by atoms with Crippen LogP contribution in [0, 0.1) is 0 Å². The fourth-order valence-electron chi connectivity index (χ4n) is 5.23. The molecule has 0 bridgehead atoms. The largest absolute Gasteiger partial charge is 0.462 e. The number of piperidine rings is 1. The van der Waals surface area contributed by atoms with Gasteiger partial charge in [-0.15, -0.1) is 0 Å². The highest BCUT2D eigenvalue weighted by molar-refractivity contribution is 6.23. The molecule has 8 nitrogen and oxygen atoms in total. The smallest absolute Gasteiger partial charge is 0.338 e. The number of ketones is 1. The summed E-state index contributed by atoms with van der Waals surface area (Å²) in [6.07, 6.45) is 4.19. The number of likely N-dealkylation sites (tertiary alicyclic amines) is 1. The van der Waals surface area contributed by atoms with Crippen molar-refractivity contribution in [3.8, 4) is 0 Å². The summed E-state index contributed by atoms with van der Waals surface area (Å²) in [4.78, 5) is 42.6. The topological polar surface area (TPSA) is 91.0 Å². The fourth-order valence-corrected chi connectivity index (χ4v) is 5.23. The van der Waals surface area contributed by atoms with Gasteiger partial charge >= 0.3 is 5.97 Å². The molecule has 2 aliphatic rings. The van der Waals surface area contributed by atoms with Crippen LogP contribution in [0.25, 0.3) is 5.70 Å². The molecule has 2 N–H and O–H groups in total. The number of nitrogens with one attached hydrogen (secondary N) is 2. The number of amides is 1. The number of nitrogens with zero attached hydrogens (tertiary/aromatic N) is 2. The van der Waals surface area contributed by atoms with Crippen LogP contribution in [-0.4, -0.2) is 55.8 Å². The van der Waals surface area contributed by atoms with Gasteiger partial charge < -0.3 is 25.2 Å². The lowest BCUT2D eigenvalue weighted by molar-refractivity contribution is -0.118. The van der Waals surface area contributed by atoms with Crippen LogP contribution < -0.4 is 15.5 Å². The van der Waals surface area contributed by atoms with Gasteiger partial charge in [-0.25, -0.2) is 4.79 Å². The molecule has 1 saturated heterocycles. The summed E-state index contributed by atoms with van der Waals surface area (Å²) < 4.78 is 5.12. The zero-order valence-corrected chi connectivity index (χ0v) is 23.6. The molecular weight excluding hydrogens is 516 g/mol. The molecule has 1 amide bonds. The van der Waals surface area contributed by atoms with Gasteiger partial charge in [0.05, 0.1) is 23.6 Å². The second-order valence-corrected chi connectivity index (χ2v) is 10.3. The predicted octanol–water partition coefficient (Wildman–Crippen LogP) is 5.79. The van der Waals surface area contributed by atoms with Crippen molar-refractivity contribution in [2.75, 3.05) is 48.8 Å². The first kappa shape index (κ1) is 28.1. The number of benzene rings is 3. The van der Waals surface area contributed by atoms with Crippen molar-refractivity contribution < 1.29 is 19.1 Å². The third-order valence-corrected chi connectivity index (χ3v) is 7.56. The lowest BCUT2D eigenvalue weighted by Gasteiger charge is -2.27. The van der Waals surface area contributed by atoms with Crippen molar-refractivity contribution in [2.45, 2.75) is 32.6 Å². The van der Waals surface area contributed by atoms with Crippen molar-refractivity contribution in [3.63, 3.8) is 0 Å². The maximum absolute atomic E-state index is 13.5. The molecule has 8 heteroatoms. The molecule has 5 rings (SSSR count). The Bertz CT molecular complexity index is 1440. The molecule has 1 fully saturated rings. The molecule has 212 valence electrons. The van der Waals surface area contributed by atoms with Crippen LogP contribution >= 0.6 is 0 Å². The quantitative estimate of drug-likeness (QED) is 0.256. The highest BCUT2D eigenvalue weighted by Gasteiger charge is 2.29. The summed E-state index contributed by atoms with van der Waals surface area (Å²) >= 11 is 0. The van der Waals surface area contributed by atoms with Crippen molar-refractivity contribution >= 4 is 40.4 Å². The van der Waals surface area contributed by atoms with Crippen LogP contribution in [0.15, 0.2) is 78.5 Å². The van der Waals surface area contributed by atoms with E-state index in [4.69, 9.17) is 4.74 Å². The van der Waals surface area contributed by atoms with E-state index in [0.717, 1.165) is 36.6 Å². The highest BCUT2D eigenvalue weighted by atomic mass is 16.5. The van der Waals surface area contributed by atoms with E-state index in [9.17, 15) is 14.4 Å². The molecule has 0 aromatic heterocycles. The summed E-state index contributed by atoms with van der Waals surface area (Å²) in [7, 11) is 1.81. The van der Waals surface area contributed by atoms with Gasteiger partial charge in [-0.3, -0.25) is 9.59 Å². The van der Waals surface area contributed by atoms with Crippen molar-refractivity contribution in [1.29, 1.82) is 0 Å². The highest BCUT2D eigenvalue weighted by Crippen LogP contribution is 2.34. The van der Waals surface area contributed by atoms with Gasteiger partial charge in [0.2, 0.25) is 11.7 Å². The average Bonchev–Trinajstić information content (AvgIpc) is 3.34. The Kier molecular flexibility index (Phi) is 8.79. The number of ether oxygens (including phenoxy) is 1. The van der Waals surface area contributed by atoms with Crippen LogP contribution in [0.1, 0.15) is 58.9 Å². The number of hydrogen-bond donors (Lipinski definition) is 2. The minimum atomic E-state index is -0.432. The van der Waals surface area contributed by atoms with E-state index in [1.165, 1.54) is 19.3 Å². The number of anilines is 3. The molecule has 0 spiro atoms. The number of allylic oxidation sites excluding steroid dienone is 1. The van der Waals surface area contributed by atoms with Gasteiger partial charge in [-0.2, -0.15) is 0 Å². The van der Waals surface area contributed by atoms with E-state index < -0.39 is 5.97 Å². The standard InChI is InChI=1S/C33H36N4O4/c1-3-41-33(40)24-12-17-27-28(22-24)35-31(32(27)39)30(23-10-6-4-7-11-23)34-25-13-15-26(16-14-25)36(2)29(38)18-21-37-19-8-5-9-20-37/h4,6-7,10-17,22,34-35H,3,5,8-9,18-21H2,1-2H3. The van der Waals surface area contributed by atoms with E-state index in [2.05, 4.69) is 15.5 Å². The van der Waals surface area contributed by atoms with Crippen LogP contribution in [-0.2, 0) is 9.53 Å². The number of fused-ring (bicyclic) bond motifs is 1. The summed E-state index contributed by atoms with van der Waals surface area (Å²) in [5, 5.41) is 6.65. The molecule has 0 saturated carbocycles. The van der Waals surface area contributed by atoms with E-state index in [0.29, 0.717) is 34.6 Å². The Labute approximate surface area is 241 Å². The number of Topliss-reactive ketones (excluding diaryl/α,β-unsaturated/α-hetero) is 1. The van der Waals surface area contributed by atoms with E-state index in [1.54, 1.807) is 37.1 Å². The number of esters is 1. The first-order valence-corrected chi connectivity index (χ1v) is 14.2. The Hall–Kier alpha value is -4.43. The summed E-state index contributed by atoms with van der Waals surface area (Å²) in [5.41, 5.74) is 4.84. The van der Waals surface area contributed by atoms with Gasteiger partial charge in [0.1, 0.15) is 5.70 Å². The Morgan fingerprint density at radius 3 is 2.39 bits per heavy atom. The Morgan fingerprint density at radius 2 is 1.68 bits per heavy atom. The molecule has 3 aromatic rings. The van der Waals surface area contributed by atoms with Gasteiger partial charge in [0, 0.05) is 42.5 Å². The van der Waals surface area contributed by atoms with Crippen molar-refractivity contribution in [3.05, 3.63) is 95.2 Å². The number of carbonyl (C=O) groups excluding carboxylic acids is 3. The van der Waals surface area contributed by atoms with E-state index in [-0.39, 0.29) is 18.3 Å². The Balaban J connectivity index is 1.34. The molecule has 3 aromatic carbocycles. The second kappa shape index (κ2) is 12.8. The zero-order valence-electron chi connectivity index (χ0n) is 23.6. The van der Waals surface area contributed by atoms with Gasteiger partial charge in [-0.05, 0) is 75.3 Å². The maximum atomic E-state index is 13.5. The van der Waals surface area contributed by atoms with Gasteiger partial charge in [0.15, 0.2) is 0 Å². The molecule has 0 aliphatic carbocycles. The Morgan fingerprint density at radius 1 is 0.951 bits per heavy atom. The normalized spacial score (nSPS) is 16.0. The lowest BCUT2D eigenvalue weighted by Crippen LogP contribution is -2.35. The monoisotopic (exact) mass is 552 g/mol. The second-order valence-electron chi connectivity index (χ2n) is 10.3. The fraction of sp³-hybridized carbons (Fsp3) is 0.303. The molecule has 0 radical (unpaired) electrons. The van der Waals surface area contributed by atoms with E-state index >= 15 is 0 Å². The minimum absolute atomic E-state index is 0.0871. The lowest BCUT2D eigenvalue weighted by atomic mass is 10.0. The zero-order chi connectivity index (χ0) is 28.8. The summed E-state index contributed by atoms with van der Waals surface area (Å²) in [6, 6.07) is 22.1. The van der Waals surface area contributed by atoms with Crippen molar-refractivity contribution in [1.82, 2.24) is 4.90 Å². The number of rotatable bonds is 9. The molecular formula is C33H36N4O4. The minimum Gasteiger partial charge on any atom is -0.462 e. The third kappa shape index (κ3) is 6.49. The molecule has 0 unspecified atom stereocenters. The third-order valence-electron chi connectivity index (χ3n) is 7.56. The summed E-state index contributed by atoms with van der Waals surface area (Å²) in [6.45, 7) is 4.97. The number of carbonyl (C=O) groups is 3. The molecule has 41 heavy (non-hydrogen) atoms. The van der Waals surface area contributed by atoms with E-state index in [1.807, 2.05) is 54.6 Å². The first-order valence-electron chi connectivity index (χ1n) is 14.2. The van der Waals surface area contributed by atoms with Crippen molar-refractivity contribution in [2.24, 2.45) is 0 Å². The maximum Gasteiger partial charge on any atom is 0.338 e. The average molecular weight is 553 g/mol. The van der Waals surface area contributed by atoms with Crippen LogP contribution in [0.4, 0.5) is 17.1 Å². The van der Waals surface area contributed by atoms with Gasteiger partial charge in [-0.1, -0.05) is 36.8 Å². The van der Waals surface area contributed by atoms with Crippen LogP contribution in [0.5, 0.6) is 0 Å². The molecule has 2 aliphatic heterocycles. The van der Waals surface area contributed by atoms with Crippen LogP contribution in [0.3, 0.4) is 0 Å². The summed E-state index contributed by atoms with van der Waals surface area (Å²) in [5.74, 6) is -0.514. The van der Waals surface area contributed by atoms with Crippen LogP contribution in [0.2, 0.25) is 0 Å². The molecule has 2 heterocycles. The SMILES string of the molecule is CCOC(=O)c1ccc2c(c1)NC(=C(Nc1ccc(N(C)C(=O)CCN3CCCCC3)cc1)c1ccccc1)C2=O. The molecule has 0 atom stereocenters.